The van der Waals surface area contributed by atoms with Crippen LogP contribution in [0.25, 0.3) is 11.4 Å². The monoisotopic (exact) mass is 495 g/mol. The van der Waals surface area contributed by atoms with E-state index < -0.39 is 15.8 Å². The molecule has 0 radical (unpaired) electrons. The number of hydrogen-bond donors (Lipinski definition) is 2. The molecule has 4 aromatic rings. The van der Waals surface area contributed by atoms with E-state index in [9.17, 15) is 17.6 Å². The van der Waals surface area contributed by atoms with Gasteiger partial charge in [0, 0.05) is 43.9 Å². The van der Waals surface area contributed by atoms with Crippen molar-refractivity contribution in [2.45, 2.75) is 30.8 Å². The van der Waals surface area contributed by atoms with E-state index in [0.29, 0.717) is 28.4 Å². The van der Waals surface area contributed by atoms with Crippen LogP contribution in [0.5, 0.6) is 0 Å². The van der Waals surface area contributed by atoms with Gasteiger partial charge in [-0.25, -0.2) is 17.5 Å². The van der Waals surface area contributed by atoms with Gasteiger partial charge in [-0.3, -0.25) is 9.78 Å². The average molecular weight is 496 g/mol. The molecule has 0 unspecified atom stereocenters. The third kappa shape index (κ3) is 6.78. The second-order valence-electron chi connectivity index (χ2n) is 7.63. The third-order valence-corrected chi connectivity index (χ3v) is 6.41. The number of halogens is 1. The lowest BCUT2D eigenvalue weighted by Gasteiger charge is -2.09. The number of benzene rings is 2. The maximum Gasteiger partial charge on any atom is 0.240 e. The number of hydrogen-bond acceptors (Lipinski definition) is 7. The first-order valence-electron chi connectivity index (χ1n) is 10.7. The zero-order valence-corrected chi connectivity index (χ0v) is 19.3. The lowest BCUT2D eigenvalue weighted by Crippen LogP contribution is -2.25. The summed E-state index contributed by atoms with van der Waals surface area (Å²) in [5, 5.41) is 6.64. The summed E-state index contributed by atoms with van der Waals surface area (Å²) in [5.74, 6) is 0.0464. The first-order chi connectivity index (χ1) is 16.9. The molecule has 9 nitrogen and oxygen atoms in total. The summed E-state index contributed by atoms with van der Waals surface area (Å²) in [6.07, 6.45) is 3.65. The van der Waals surface area contributed by atoms with Gasteiger partial charge in [0.05, 0.1) is 4.90 Å². The number of aromatic nitrogens is 3. The Morgan fingerprint density at radius 3 is 2.57 bits per heavy atom. The predicted octanol–water partition coefficient (Wildman–Crippen LogP) is 3.00. The predicted molar refractivity (Wildman–Crippen MR) is 125 cm³/mol. The molecule has 1 amide bonds. The van der Waals surface area contributed by atoms with Crippen LogP contribution in [0.15, 0.2) is 82.5 Å². The molecule has 0 aliphatic rings. The smallest absolute Gasteiger partial charge is 0.240 e. The van der Waals surface area contributed by atoms with Gasteiger partial charge in [0.25, 0.3) is 0 Å². The average Bonchev–Trinajstić information content (AvgIpc) is 3.35. The van der Waals surface area contributed by atoms with Crippen LogP contribution in [0, 0.1) is 5.82 Å². The van der Waals surface area contributed by atoms with Gasteiger partial charge < -0.3 is 9.84 Å². The lowest BCUT2D eigenvalue weighted by atomic mass is 10.2. The number of pyridine rings is 1. The fourth-order valence-corrected chi connectivity index (χ4v) is 4.30. The van der Waals surface area contributed by atoms with E-state index in [1.54, 1.807) is 42.7 Å². The molecular weight excluding hydrogens is 473 g/mol. The Morgan fingerprint density at radius 2 is 1.80 bits per heavy atom. The van der Waals surface area contributed by atoms with Crippen molar-refractivity contribution < 1.29 is 22.1 Å². The largest absolute Gasteiger partial charge is 0.352 e. The molecule has 2 heterocycles. The normalized spacial score (nSPS) is 11.3. The molecule has 0 bridgehead atoms. The Kier molecular flexibility index (Phi) is 7.58. The first-order valence-corrected chi connectivity index (χ1v) is 12.2. The van der Waals surface area contributed by atoms with Gasteiger partial charge in [0.2, 0.25) is 27.6 Å². The highest BCUT2D eigenvalue weighted by molar-refractivity contribution is 7.89. The SMILES string of the molecule is O=C(CCc1nc(-c2cccnc2)no1)NCc1cccc(S(=O)(=O)NCc2cccc(F)c2)c1. The van der Waals surface area contributed by atoms with Crippen molar-refractivity contribution in [3.05, 3.63) is 95.9 Å². The van der Waals surface area contributed by atoms with Crippen LogP contribution in [0.4, 0.5) is 4.39 Å². The molecule has 0 saturated carbocycles. The summed E-state index contributed by atoms with van der Waals surface area (Å²) < 4.78 is 46.2. The summed E-state index contributed by atoms with van der Waals surface area (Å²) in [5.41, 5.74) is 1.83. The van der Waals surface area contributed by atoms with Gasteiger partial charge in [0.1, 0.15) is 5.82 Å². The number of nitrogens with one attached hydrogen (secondary N) is 2. The number of rotatable bonds is 10. The summed E-state index contributed by atoms with van der Waals surface area (Å²) in [6.45, 7) is 0.107. The van der Waals surface area contributed by atoms with Gasteiger partial charge in [0.15, 0.2) is 0 Å². The minimum Gasteiger partial charge on any atom is -0.352 e. The molecule has 2 aromatic heterocycles. The first kappa shape index (κ1) is 24.2. The molecule has 35 heavy (non-hydrogen) atoms. The quantitative estimate of drug-likeness (QED) is 0.346. The molecular formula is C24H22FN5O4S. The second kappa shape index (κ2) is 11.0. The minimum absolute atomic E-state index is 0.0424. The molecule has 11 heteroatoms. The number of carbonyl (C=O) groups excluding carboxylic acids is 1. The summed E-state index contributed by atoms with van der Waals surface area (Å²) in [4.78, 5) is 20.6. The third-order valence-electron chi connectivity index (χ3n) is 5.01. The van der Waals surface area contributed by atoms with Gasteiger partial charge in [-0.15, -0.1) is 0 Å². The number of nitrogens with zero attached hydrogens (tertiary/aromatic N) is 3. The maximum absolute atomic E-state index is 13.3. The van der Waals surface area contributed by atoms with Gasteiger partial charge in [-0.05, 0) is 47.5 Å². The van der Waals surface area contributed by atoms with Gasteiger partial charge >= 0.3 is 0 Å². The van der Waals surface area contributed by atoms with Crippen molar-refractivity contribution in [3.63, 3.8) is 0 Å². The summed E-state index contributed by atoms with van der Waals surface area (Å²) >= 11 is 0. The standard InChI is InChI=1S/C24H22FN5O4S/c25-20-7-1-4-17(12-20)15-28-35(32,33)21-8-2-5-18(13-21)14-27-22(31)9-10-23-29-24(30-34-23)19-6-3-11-26-16-19/h1-8,11-13,16,28H,9-10,14-15H2,(H,27,31). The molecule has 0 aliphatic carbocycles. The fourth-order valence-electron chi connectivity index (χ4n) is 3.21. The molecule has 0 spiro atoms. The Morgan fingerprint density at radius 1 is 1.00 bits per heavy atom. The van der Waals surface area contributed by atoms with Crippen LogP contribution in [-0.4, -0.2) is 29.4 Å². The Balaban J connectivity index is 1.28. The molecule has 0 saturated heterocycles. The topological polar surface area (TPSA) is 127 Å². The number of amides is 1. The molecule has 4 rings (SSSR count). The van der Waals surface area contributed by atoms with Crippen LogP contribution < -0.4 is 10.0 Å². The Bertz CT molecular complexity index is 1410. The van der Waals surface area contributed by atoms with Crippen molar-refractivity contribution in [2.24, 2.45) is 0 Å². The molecule has 2 N–H and O–H groups in total. The molecule has 0 fully saturated rings. The van der Waals surface area contributed by atoms with E-state index in [-0.39, 0.29) is 36.7 Å². The minimum atomic E-state index is -3.82. The van der Waals surface area contributed by atoms with Crippen molar-refractivity contribution in [1.29, 1.82) is 0 Å². The highest BCUT2D eigenvalue weighted by atomic mass is 32.2. The van der Waals surface area contributed by atoms with Crippen molar-refractivity contribution >= 4 is 15.9 Å². The van der Waals surface area contributed by atoms with E-state index in [2.05, 4.69) is 25.2 Å². The second-order valence-corrected chi connectivity index (χ2v) is 9.40. The van der Waals surface area contributed by atoms with Crippen LogP contribution in [0.1, 0.15) is 23.4 Å². The molecule has 0 aliphatic heterocycles. The lowest BCUT2D eigenvalue weighted by molar-refractivity contribution is -0.121. The molecule has 180 valence electrons. The van der Waals surface area contributed by atoms with E-state index in [1.165, 1.54) is 30.3 Å². The van der Waals surface area contributed by atoms with Gasteiger partial charge in [-0.2, -0.15) is 4.98 Å². The number of carbonyl (C=O) groups is 1. The van der Waals surface area contributed by atoms with Crippen LogP contribution in [-0.2, 0) is 34.3 Å². The van der Waals surface area contributed by atoms with Crippen LogP contribution in [0.2, 0.25) is 0 Å². The number of sulfonamides is 1. The van der Waals surface area contributed by atoms with Crippen molar-refractivity contribution in [3.8, 4) is 11.4 Å². The summed E-state index contributed by atoms with van der Waals surface area (Å²) in [6, 6.07) is 15.5. The van der Waals surface area contributed by atoms with Crippen LogP contribution in [0.3, 0.4) is 0 Å². The van der Waals surface area contributed by atoms with E-state index in [0.717, 1.165) is 0 Å². The Labute approximate surface area is 201 Å². The maximum atomic E-state index is 13.3. The van der Waals surface area contributed by atoms with Crippen molar-refractivity contribution in [2.75, 3.05) is 0 Å². The van der Waals surface area contributed by atoms with E-state index >= 15 is 0 Å². The van der Waals surface area contributed by atoms with Crippen LogP contribution >= 0.6 is 0 Å². The number of aryl methyl sites for hydroxylation is 1. The van der Waals surface area contributed by atoms with Crippen molar-refractivity contribution in [1.82, 2.24) is 25.2 Å². The molecule has 0 atom stereocenters. The molecule has 2 aromatic carbocycles. The highest BCUT2D eigenvalue weighted by Gasteiger charge is 2.15. The fraction of sp³-hybridized carbons (Fsp3) is 0.167. The Hall–Kier alpha value is -3.96. The van der Waals surface area contributed by atoms with E-state index in [1.807, 2.05) is 0 Å². The highest BCUT2D eigenvalue weighted by Crippen LogP contribution is 2.15. The van der Waals surface area contributed by atoms with Gasteiger partial charge in [-0.1, -0.05) is 29.4 Å². The zero-order chi connectivity index (χ0) is 24.7. The zero-order valence-electron chi connectivity index (χ0n) is 18.5. The summed E-state index contributed by atoms with van der Waals surface area (Å²) in [7, 11) is -3.82. The van der Waals surface area contributed by atoms with E-state index in [4.69, 9.17) is 4.52 Å².